The van der Waals surface area contributed by atoms with E-state index in [1.807, 2.05) is 0 Å². The summed E-state index contributed by atoms with van der Waals surface area (Å²) in [5, 5.41) is -0.457. The van der Waals surface area contributed by atoms with Crippen molar-refractivity contribution in [1.29, 1.82) is 0 Å². The van der Waals surface area contributed by atoms with Gasteiger partial charge in [-0.15, -0.1) is 0 Å². The van der Waals surface area contributed by atoms with E-state index in [4.69, 9.17) is 0 Å². The molecule has 0 radical (unpaired) electrons. The first-order chi connectivity index (χ1) is 8.12. The van der Waals surface area contributed by atoms with Gasteiger partial charge in [0.15, 0.2) is 5.82 Å². The zero-order chi connectivity index (χ0) is 12.3. The highest BCUT2D eigenvalue weighted by Crippen LogP contribution is 2.20. The molecule has 0 aliphatic carbocycles. The van der Waals surface area contributed by atoms with Gasteiger partial charge in [-0.3, -0.25) is 0 Å². The monoisotopic (exact) mass is 258 g/mol. The molecule has 1 saturated heterocycles. The van der Waals surface area contributed by atoms with E-state index in [9.17, 15) is 12.8 Å². The Balaban J connectivity index is 2.32. The summed E-state index contributed by atoms with van der Waals surface area (Å²) < 4.78 is 39.2. The van der Waals surface area contributed by atoms with E-state index in [1.165, 1.54) is 16.6 Å². The molecule has 6 heteroatoms. The number of aromatic nitrogens is 1. The molecule has 0 saturated carbocycles. The van der Waals surface area contributed by atoms with E-state index < -0.39 is 20.9 Å². The minimum Gasteiger partial charge on any atom is -0.241 e. The molecule has 1 fully saturated rings. The quantitative estimate of drug-likeness (QED) is 0.812. The molecule has 17 heavy (non-hydrogen) atoms. The summed E-state index contributed by atoms with van der Waals surface area (Å²) in [6, 6.07) is 2.51. The Morgan fingerprint density at radius 1 is 1.18 bits per heavy atom. The fraction of sp³-hybridized carbons (Fsp3) is 0.545. The zero-order valence-corrected chi connectivity index (χ0v) is 10.3. The van der Waals surface area contributed by atoms with Gasteiger partial charge in [0.2, 0.25) is 5.03 Å². The van der Waals surface area contributed by atoms with E-state index in [0.29, 0.717) is 13.1 Å². The third-order valence-electron chi connectivity index (χ3n) is 2.87. The molecule has 0 N–H and O–H groups in total. The molecule has 0 atom stereocenters. The largest absolute Gasteiger partial charge is 0.263 e. The van der Waals surface area contributed by atoms with Crippen LogP contribution in [0.15, 0.2) is 23.4 Å². The van der Waals surface area contributed by atoms with E-state index >= 15 is 0 Å². The number of halogens is 1. The number of nitrogens with zero attached hydrogens (tertiary/aromatic N) is 2. The molecule has 4 nitrogen and oxygen atoms in total. The lowest BCUT2D eigenvalue weighted by atomic mass is 10.2. The van der Waals surface area contributed by atoms with Crippen LogP contribution in [0.1, 0.15) is 25.7 Å². The van der Waals surface area contributed by atoms with Gasteiger partial charge in [-0.05, 0) is 25.0 Å². The molecule has 0 bridgehead atoms. The summed E-state index contributed by atoms with van der Waals surface area (Å²) in [7, 11) is -3.77. The maximum atomic E-state index is 13.5. The van der Waals surface area contributed by atoms with Gasteiger partial charge in [0, 0.05) is 19.3 Å². The third-order valence-corrected chi connectivity index (χ3v) is 4.71. The van der Waals surface area contributed by atoms with Crippen molar-refractivity contribution in [3.05, 3.63) is 24.1 Å². The van der Waals surface area contributed by atoms with Crippen LogP contribution in [0, 0.1) is 5.82 Å². The molecule has 2 heterocycles. The predicted molar refractivity (Wildman–Crippen MR) is 61.4 cm³/mol. The third kappa shape index (κ3) is 2.63. The Morgan fingerprint density at radius 3 is 2.41 bits per heavy atom. The topological polar surface area (TPSA) is 50.3 Å². The van der Waals surface area contributed by atoms with Crippen LogP contribution in [0.25, 0.3) is 0 Å². The molecule has 94 valence electrons. The maximum absolute atomic E-state index is 13.5. The van der Waals surface area contributed by atoms with Gasteiger partial charge in [-0.2, -0.15) is 4.31 Å². The molecular formula is C11H15FN2O2S. The van der Waals surface area contributed by atoms with Crippen LogP contribution in [0.3, 0.4) is 0 Å². The van der Waals surface area contributed by atoms with Crippen LogP contribution in [-0.2, 0) is 10.0 Å². The van der Waals surface area contributed by atoms with Gasteiger partial charge in [-0.1, -0.05) is 12.8 Å². The van der Waals surface area contributed by atoms with Crippen LogP contribution in [0.2, 0.25) is 0 Å². The Morgan fingerprint density at radius 2 is 1.82 bits per heavy atom. The molecule has 1 aromatic heterocycles. The molecule has 0 amide bonds. The number of hydrogen-bond donors (Lipinski definition) is 0. The van der Waals surface area contributed by atoms with E-state index in [1.54, 1.807) is 0 Å². The van der Waals surface area contributed by atoms with Gasteiger partial charge in [0.1, 0.15) is 0 Å². The van der Waals surface area contributed by atoms with Gasteiger partial charge < -0.3 is 0 Å². The number of sulfonamides is 1. The Hall–Kier alpha value is -1.01. The molecule has 2 rings (SSSR count). The average molecular weight is 258 g/mol. The summed E-state index contributed by atoms with van der Waals surface area (Å²) in [6.07, 6.45) is 5.00. The smallest absolute Gasteiger partial charge is 0.241 e. The van der Waals surface area contributed by atoms with Gasteiger partial charge >= 0.3 is 0 Å². The molecule has 0 unspecified atom stereocenters. The lowest BCUT2D eigenvalue weighted by Crippen LogP contribution is -2.33. The van der Waals surface area contributed by atoms with Crippen LogP contribution < -0.4 is 0 Å². The maximum Gasteiger partial charge on any atom is 0.263 e. The van der Waals surface area contributed by atoms with Gasteiger partial charge in [0.25, 0.3) is 10.0 Å². The van der Waals surface area contributed by atoms with Crippen molar-refractivity contribution in [3.8, 4) is 0 Å². The minimum atomic E-state index is -3.77. The highest BCUT2D eigenvalue weighted by atomic mass is 32.2. The highest BCUT2D eigenvalue weighted by molar-refractivity contribution is 7.89. The summed E-state index contributed by atoms with van der Waals surface area (Å²) in [6.45, 7) is 0.913. The fourth-order valence-corrected chi connectivity index (χ4v) is 3.46. The Kier molecular flexibility index (Phi) is 3.73. The summed E-state index contributed by atoms with van der Waals surface area (Å²) >= 11 is 0. The average Bonchev–Trinajstić information content (AvgIpc) is 2.58. The Bertz CT molecular complexity index is 482. The standard InChI is InChI=1S/C11H15FN2O2S/c12-10-6-5-7-13-11(10)17(15,16)14-8-3-1-2-4-9-14/h5-7H,1-4,8-9H2. The second-order valence-electron chi connectivity index (χ2n) is 4.11. The van der Waals surface area contributed by atoms with Crippen molar-refractivity contribution in [2.45, 2.75) is 30.7 Å². The number of hydrogen-bond acceptors (Lipinski definition) is 3. The van der Waals surface area contributed by atoms with Gasteiger partial charge in [0.05, 0.1) is 0 Å². The molecule has 1 aliphatic rings. The highest BCUT2D eigenvalue weighted by Gasteiger charge is 2.28. The van der Waals surface area contributed by atoms with E-state index in [0.717, 1.165) is 31.7 Å². The second kappa shape index (κ2) is 5.10. The summed E-state index contributed by atoms with van der Waals surface area (Å²) in [5.74, 6) is -0.781. The molecule has 0 spiro atoms. The zero-order valence-electron chi connectivity index (χ0n) is 9.47. The van der Waals surface area contributed by atoms with Gasteiger partial charge in [-0.25, -0.2) is 17.8 Å². The number of pyridine rings is 1. The first-order valence-corrected chi connectivity index (χ1v) is 7.17. The molecule has 0 aromatic carbocycles. The van der Waals surface area contributed by atoms with Crippen LogP contribution >= 0.6 is 0 Å². The van der Waals surface area contributed by atoms with E-state index in [2.05, 4.69) is 4.98 Å². The first kappa shape index (κ1) is 12.4. The lowest BCUT2D eigenvalue weighted by molar-refractivity contribution is 0.416. The SMILES string of the molecule is O=S(=O)(c1ncccc1F)N1CCCCCC1. The first-order valence-electron chi connectivity index (χ1n) is 5.73. The Labute approximate surface area is 101 Å². The molecular weight excluding hydrogens is 243 g/mol. The summed E-state index contributed by atoms with van der Waals surface area (Å²) in [4.78, 5) is 3.65. The van der Waals surface area contributed by atoms with E-state index in [-0.39, 0.29) is 0 Å². The normalized spacial score (nSPS) is 18.9. The van der Waals surface area contributed by atoms with Crippen molar-refractivity contribution < 1.29 is 12.8 Å². The molecule has 1 aliphatic heterocycles. The molecule has 1 aromatic rings. The summed E-state index contributed by atoms with van der Waals surface area (Å²) in [5.41, 5.74) is 0. The van der Waals surface area contributed by atoms with Crippen LogP contribution in [0.4, 0.5) is 4.39 Å². The van der Waals surface area contributed by atoms with Crippen LogP contribution in [0.5, 0.6) is 0 Å². The van der Waals surface area contributed by atoms with Crippen molar-refractivity contribution >= 4 is 10.0 Å². The minimum absolute atomic E-state index is 0.457. The van der Waals surface area contributed by atoms with Crippen molar-refractivity contribution in [3.63, 3.8) is 0 Å². The second-order valence-corrected chi connectivity index (χ2v) is 5.96. The fourth-order valence-electron chi connectivity index (χ4n) is 1.97. The predicted octanol–water partition coefficient (Wildman–Crippen LogP) is 1.79. The van der Waals surface area contributed by atoms with Crippen molar-refractivity contribution in [2.24, 2.45) is 0 Å². The van der Waals surface area contributed by atoms with Crippen molar-refractivity contribution in [2.75, 3.05) is 13.1 Å². The van der Waals surface area contributed by atoms with Crippen LogP contribution in [-0.4, -0.2) is 30.8 Å². The van der Waals surface area contributed by atoms with Crippen molar-refractivity contribution in [1.82, 2.24) is 9.29 Å². The lowest BCUT2D eigenvalue weighted by Gasteiger charge is -2.19. The number of rotatable bonds is 2.